The van der Waals surface area contributed by atoms with Crippen molar-refractivity contribution in [1.29, 1.82) is 5.26 Å². The van der Waals surface area contributed by atoms with Crippen LogP contribution in [0, 0.1) is 16.7 Å². The van der Waals surface area contributed by atoms with Crippen LogP contribution in [0.25, 0.3) is 0 Å². The van der Waals surface area contributed by atoms with Gasteiger partial charge in [-0.1, -0.05) is 11.6 Å². The third-order valence-corrected chi connectivity index (χ3v) is 7.60. The quantitative estimate of drug-likeness (QED) is 0.676. The molecule has 2 saturated heterocycles. The topological polar surface area (TPSA) is 103 Å². The third-order valence-electron chi connectivity index (χ3n) is 7.28. The minimum absolute atomic E-state index is 0.0657. The summed E-state index contributed by atoms with van der Waals surface area (Å²) in [6.45, 7) is 4.23. The van der Waals surface area contributed by atoms with Gasteiger partial charge in [-0.05, 0) is 63.7 Å². The lowest BCUT2D eigenvalue weighted by molar-refractivity contribution is 0.0888. The van der Waals surface area contributed by atoms with Gasteiger partial charge < -0.3 is 20.3 Å². The van der Waals surface area contributed by atoms with E-state index in [-0.39, 0.29) is 18.1 Å². The number of anilines is 1. The van der Waals surface area contributed by atoms with Crippen LogP contribution in [0.4, 0.5) is 5.82 Å². The maximum absolute atomic E-state index is 12.7. The lowest BCUT2D eigenvalue weighted by Gasteiger charge is -2.52. The highest BCUT2D eigenvalue weighted by atomic mass is 35.5. The summed E-state index contributed by atoms with van der Waals surface area (Å²) in [5.41, 5.74) is 1.22. The van der Waals surface area contributed by atoms with Crippen LogP contribution in [0.1, 0.15) is 54.6 Å². The summed E-state index contributed by atoms with van der Waals surface area (Å²) in [6, 6.07) is 7.26. The fraction of sp³-hybridized carbons (Fsp3) is 0.520. The van der Waals surface area contributed by atoms with Crippen molar-refractivity contribution in [2.45, 2.75) is 50.7 Å². The predicted molar refractivity (Wildman–Crippen MR) is 129 cm³/mol. The molecule has 34 heavy (non-hydrogen) atoms. The van der Waals surface area contributed by atoms with E-state index in [2.05, 4.69) is 25.5 Å². The smallest absolute Gasteiger partial charge is 0.271 e. The zero-order valence-electron chi connectivity index (χ0n) is 19.1. The molecule has 3 fully saturated rings. The van der Waals surface area contributed by atoms with Gasteiger partial charge >= 0.3 is 0 Å². The number of piperidine rings is 1. The zero-order valence-corrected chi connectivity index (χ0v) is 19.9. The van der Waals surface area contributed by atoms with Gasteiger partial charge in [-0.3, -0.25) is 4.79 Å². The molecular weight excluding hydrogens is 452 g/mol. The fourth-order valence-corrected chi connectivity index (χ4v) is 5.45. The second kappa shape index (κ2) is 9.77. The monoisotopic (exact) mass is 480 g/mol. The molecule has 1 aromatic heterocycles. The van der Waals surface area contributed by atoms with Crippen LogP contribution in [-0.2, 0) is 0 Å². The molecule has 0 bridgehead atoms. The van der Waals surface area contributed by atoms with Crippen molar-refractivity contribution in [3.63, 3.8) is 0 Å². The Morgan fingerprint density at radius 1 is 1.18 bits per heavy atom. The number of hydrogen-bond donors (Lipinski definition) is 2. The Labute approximate surface area is 204 Å². The number of amides is 1. The van der Waals surface area contributed by atoms with Gasteiger partial charge in [0, 0.05) is 30.6 Å². The number of aromatic nitrogens is 2. The van der Waals surface area contributed by atoms with Crippen LogP contribution in [0.5, 0.6) is 5.75 Å². The third kappa shape index (κ3) is 4.96. The molecule has 8 nitrogen and oxygen atoms in total. The molecule has 1 aliphatic carbocycles. The standard InChI is InChI=1S/C25H29ClN6O2/c26-21-11-20(4-1-17(21)12-27)34-19-5-2-18(3-6-19)31-24(33)22-13-30-23(14-29-22)32-15-25(16-32)7-9-28-10-8-25/h1,4,11,13-14,18-19,28H,2-3,5-10,15-16H2,(H,31,33)/t18-,19-. The number of carbonyl (C=O) groups is 1. The Kier molecular flexibility index (Phi) is 6.57. The van der Waals surface area contributed by atoms with Gasteiger partial charge in [0.2, 0.25) is 0 Å². The molecular formula is C25H29ClN6O2. The van der Waals surface area contributed by atoms with Gasteiger partial charge in [-0.25, -0.2) is 9.97 Å². The summed E-state index contributed by atoms with van der Waals surface area (Å²) in [5.74, 6) is 1.34. The van der Waals surface area contributed by atoms with Gasteiger partial charge in [0.05, 0.1) is 29.1 Å². The lowest BCUT2D eigenvalue weighted by Crippen LogP contribution is -2.60. The summed E-state index contributed by atoms with van der Waals surface area (Å²) < 4.78 is 6.03. The minimum atomic E-state index is -0.180. The maximum Gasteiger partial charge on any atom is 0.271 e. The van der Waals surface area contributed by atoms with E-state index in [1.807, 2.05) is 6.07 Å². The van der Waals surface area contributed by atoms with E-state index in [9.17, 15) is 4.79 Å². The number of nitrogens with one attached hydrogen (secondary N) is 2. The van der Waals surface area contributed by atoms with Crippen LogP contribution >= 0.6 is 11.6 Å². The molecule has 3 heterocycles. The van der Waals surface area contributed by atoms with Crippen molar-refractivity contribution < 1.29 is 9.53 Å². The highest BCUT2D eigenvalue weighted by Crippen LogP contribution is 2.40. The first-order valence-corrected chi connectivity index (χ1v) is 12.4. The highest BCUT2D eigenvalue weighted by molar-refractivity contribution is 6.31. The number of halogens is 1. The van der Waals surface area contributed by atoms with Crippen molar-refractivity contribution in [1.82, 2.24) is 20.6 Å². The summed E-state index contributed by atoms with van der Waals surface area (Å²) in [5, 5.41) is 15.9. The van der Waals surface area contributed by atoms with E-state index in [1.165, 1.54) is 12.8 Å². The van der Waals surface area contributed by atoms with E-state index >= 15 is 0 Å². The summed E-state index contributed by atoms with van der Waals surface area (Å²) in [7, 11) is 0. The fourth-order valence-electron chi connectivity index (χ4n) is 5.24. The predicted octanol–water partition coefficient (Wildman–Crippen LogP) is 3.31. The second-order valence-electron chi connectivity index (χ2n) is 9.68. The zero-order chi connectivity index (χ0) is 23.5. The van der Waals surface area contributed by atoms with Crippen molar-refractivity contribution in [3.8, 4) is 11.8 Å². The number of ether oxygens (including phenoxy) is 1. The van der Waals surface area contributed by atoms with Crippen LogP contribution in [0.3, 0.4) is 0 Å². The molecule has 1 saturated carbocycles. The van der Waals surface area contributed by atoms with E-state index < -0.39 is 0 Å². The minimum Gasteiger partial charge on any atom is -0.490 e. The normalized spacial score (nSPS) is 23.6. The number of hydrogen-bond acceptors (Lipinski definition) is 7. The summed E-state index contributed by atoms with van der Waals surface area (Å²) in [6.07, 6.45) is 9.12. The van der Waals surface area contributed by atoms with E-state index in [1.54, 1.807) is 30.6 Å². The van der Waals surface area contributed by atoms with Gasteiger partial charge in [0.15, 0.2) is 0 Å². The first kappa shape index (κ1) is 22.9. The Balaban J connectivity index is 1.08. The molecule has 3 aliphatic rings. The first-order valence-electron chi connectivity index (χ1n) is 12.0. The van der Waals surface area contributed by atoms with Gasteiger partial charge in [0.1, 0.15) is 23.3 Å². The maximum atomic E-state index is 12.7. The van der Waals surface area contributed by atoms with Gasteiger partial charge in [-0.15, -0.1) is 0 Å². The Bertz CT molecular complexity index is 1060. The van der Waals surface area contributed by atoms with Gasteiger partial charge in [-0.2, -0.15) is 5.26 Å². The molecule has 1 amide bonds. The SMILES string of the molecule is N#Cc1ccc(O[C@H]2CC[C@H](NC(=O)c3cnc(N4CC5(CCNCC5)C4)cn3)CC2)cc1Cl. The first-order chi connectivity index (χ1) is 16.5. The number of benzene rings is 1. The molecule has 2 aromatic rings. The summed E-state index contributed by atoms with van der Waals surface area (Å²) in [4.78, 5) is 23.8. The molecule has 2 aliphatic heterocycles. The molecule has 0 atom stereocenters. The molecule has 1 aromatic carbocycles. The van der Waals surface area contributed by atoms with Crippen molar-refractivity contribution in [2.24, 2.45) is 5.41 Å². The molecule has 0 radical (unpaired) electrons. The number of nitrogens with zero attached hydrogens (tertiary/aromatic N) is 4. The lowest BCUT2D eigenvalue weighted by atomic mass is 9.72. The Morgan fingerprint density at radius 3 is 2.59 bits per heavy atom. The van der Waals surface area contributed by atoms with E-state index in [4.69, 9.17) is 21.6 Å². The van der Waals surface area contributed by atoms with Crippen LogP contribution in [-0.4, -0.2) is 54.2 Å². The summed E-state index contributed by atoms with van der Waals surface area (Å²) >= 11 is 6.09. The average Bonchev–Trinajstić information content (AvgIpc) is 2.84. The molecule has 9 heteroatoms. The van der Waals surface area contributed by atoms with E-state index in [0.717, 1.165) is 57.7 Å². The van der Waals surface area contributed by atoms with Crippen LogP contribution in [0.15, 0.2) is 30.6 Å². The Morgan fingerprint density at radius 2 is 1.94 bits per heavy atom. The Hall–Kier alpha value is -2.89. The van der Waals surface area contributed by atoms with Crippen LogP contribution in [0.2, 0.25) is 5.02 Å². The average molecular weight is 481 g/mol. The van der Waals surface area contributed by atoms with Crippen molar-refractivity contribution >= 4 is 23.3 Å². The number of rotatable bonds is 5. The second-order valence-corrected chi connectivity index (χ2v) is 10.1. The molecule has 2 N–H and O–H groups in total. The van der Waals surface area contributed by atoms with Crippen LogP contribution < -0.4 is 20.3 Å². The number of nitriles is 1. The van der Waals surface area contributed by atoms with Gasteiger partial charge in [0.25, 0.3) is 5.91 Å². The molecule has 178 valence electrons. The number of carbonyl (C=O) groups excluding carboxylic acids is 1. The largest absolute Gasteiger partial charge is 0.490 e. The molecule has 5 rings (SSSR count). The highest BCUT2D eigenvalue weighted by Gasteiger charge is 2.44. The van der Waals surface area contributed by atoms with E-state index in [0.29, 0.717) is 27.4 Å². The van der Waals surface area contributed by atoms with Crippen molar-refractivity contribution in [2.75, 3.05) is 31.1 Å². The molecule has 1 spiro atoms. The molecule has 0 unspecified atom stereocenters. The van der Waals surface area contributed by atoms with Crippen molar-refractivity contribution in [3.05, 3.63) is 46.9 Å².